The van der Waals surface area contributed by atoms with E-state index in [0.717, 1.165) is 31.5 Å². The molecule has 2 amide bonds. The van der Waals surface area contributed by atoms with Crippen molar-refractivity contribution < 1.29 is 14.7 Å². The second kappa shape index (κ2) is 7.06. The third-order valence-corrected chi connectivity index (χ3v) is 3.87. The Labute approximate surface area is 124 Å². The lowest BCUT2D eigenvalue weighted by Crippen LogP contribution is -2.45. The SMILES string of the molecule is CCC1CCCN(C(=O)NCc2ccc(C(=O)O)nc2)C1. The average molecular weight is 291 g/mol. The predicted octanol–water partition coefficient (Wildman–Crippen LogP) is 2.11. The summed E-state index contributed by atoms with van der Waals surface area (Å²) in [4.78, 5) is 28.5. The summed E-state index contributed by atoms with van der Waals surface area (Å²) in [7, 11) is 0. The monoisotopic (exact) mass is 291 g/mol. The predicted molar refractivity (Wildman–Crippen MR) is 78.0 cm³/mol. The highest BCUT2D eigenvalue weighted by molar-refractivity contribution is 5.85. The van der Waals surface area contributed by atoms with E-state index >= 15 is 0 Å². The summed E-state index contributed by atoms with van der Waals surface area (Å²) in [6.45, 7) is 4.14. The van der Waals surface area contributed by atoms with Gasteiger partial charge in [-0.1, -0.05) is 19.4 Å². The van der Waals surface area contributed by atoms with E-state index in [0.29, 0.717) is 12.5 Å². The normalized spacial score (nSPS) is 18.3. The maximum absolute atomic E-state index is 12.1. The molecule has 2 rings (SSSR count). The number of hydrogen-bond acceptors (Lipinski definition) is 3. The topological polar surface area (TPSA) is 82.5 Å². The first-order valence-corrected chi connectivity index (χ1v) is 7.31. The number of urea groups is 1. The molecule has 1 fully saturated rings. The van der Waals surface area contributed by atoms with Crippen molar-refractivity contribution in [2.24, 2.45) is 5.92 Å². The number of aromatic nitrogens is 1. The molecule has 0 saturated carbocycles. The van der Waals surface area contributed by atoms with E-state index in [1.807, 2.05) is 4.90 Å². The standard InChI is InChI=1S/C15H21N3O3/c1-2-11-4-3-7-18(10-11)15(21)17-9-12-5-6-13(14(19)20)16-8-12/h5-6,8,11H,2-4,7,9-10H2,1H3,(H,17,21)(H,19,20). The summed E-state index contributed by atoms with van der Waals surface area (Å²) < 4.78 is 0. The van der Waals surface area contributed by atoms with Gasteiger partial charge in [-0.25, -0.2) is 14.6 Å². The molecule has 0 spiro atoms. The minimum atomic E-state index is -1.05. The molecule has 1 atom stereocenters. The Morgan fingerprint density at radius 1 is 1.48 bits per heavy atom. The number of rotatable bonds is 4. The zero-order valence-electron chi connectivity index (χ0n) is 12.2. The number of hydrogen-bond donors (Lipinski definition) is 2. The summed E-state index contributed by atoms with van der Waals surface area (Å²) in [5.74, 6) is -0.453. The van der Waals surface area contributed by atoms with Gasteiger partial charge in [0.15, 0.2) is 0 Å². The Morgan fingerprint density at radius 3 is 2.90 bits per heavy atom. The fourth-order valence-electron chi connectivity index (χ4n) is 2.53. The highest BCUT2D eigenvalue weighted by Gasteiger charge is 2.22. The van der Waals surface area contributed by atoms with Crippen molar-refractivity contribution in [3.63, 3.8) is 0 Å². The number of aromatic carboxylic acids is 1. The molecule has 1 aliphatic heterocycles. The van der Waals surface area contributed by atoms with Gasteiger partial charge in [0.05, 0.1) is 0 Å². The van der Waals surface area contributed by atoms with Crippen molar-refractivity contribution in [3.8, 4) is 0 Å². The lowest BCUT2D eigenvalue weighted by atomic mass is 9.96. The molecular formula is C15H21N3O3. The molecular weight excluding hydrogens is 270 g/mol. The molecule has 2 heterocycles. The van der Waals surface area contributed by atoms with Crippen molar-refractivity contribution in [2.75, 3.05) is 13.1 Å². The van der Waals surface area contributed by atoms with E-state index in [-0.39, 0.29) is 11.7 Å². The molecule has 0 aromatic carbocycles. The van der Waals surface area contributed by atoms with Gasteiger partial charge in [-0.2, -0.15) is 0 Å². The maximum Gasteiger partial charge on any atom is 0.354 e. The smallest absolute Gasteiger partial charge is 0.354 e. The molecule has 0 bridgehead atoms. The van der Waals surface area contributed by atoms with Crippen LogP contribution in [0.1, 0.15) is 42.2 Å². The Balaban J connectivity index is 1.84. The van der Waals surface area contributed by atoms with E-state index in [2.05, 4.69) is 17.2 Å². The average Bonchev–Trinajstić information content (AvgIpc) is 2.53. The van der Waals surface area contributed by atoms with Gasteiger partial charge >= 0.3 is 12.0 Å². The van der Waals surface area contributed by atoms with Crippen LogP contribution in [-0.4, -0.2) is 40.1 Å². The lowest BCUT2D eigenvalue weighted by molar-refractivity contribution is 0.0690. The Kier molecular flexibility index (Phi) is 5.14. The van der Waals surface area contributed by atoms with Crippen LogP contribution in [0, 0.1) is 5.92 Å². The summed E-state index contributed by atoms with van der Waals surface area (Å²) >= 11 is 0. The largest absolute Gasteiger partial charge is 0.477 e. The van der Waals surface area contributed by atoms with Crippen LogP contribution in [0.2, 0.25) is 0 Å². The van der Waals surface area contributed by atoms with Crippen LogP contribution in [0.5, 0.6) is 0 Å². The number of nitrogens with one attached hydrogen (secondary N) is 1. The molecule has 0 aliphatic carbocycles. The minimum Gasteiger partial charge on any atom is -0.477 e. The fourth-order valence-corrected chi connectivity index (χ4v) is 2.53. The van der Waals surface area contributed by atoms with E-state index < -0.39 is 5.97 Å². The molecule has 0 radical (unpaired) electrons. The Bertz CT molecular complexity index is 501. The maximum atomic E-state index is 12.1. The van der Waals surface area contributed by atoms with Crippen molar-refractivity contribution in [1.82, 2.24) is 15.2 Å². The minimum absolute atomic E-state index is 0.00638. The van der Waals surface area contributed by atoms with Crippen LogP contribution in [0.4, 0.5) is 4.79 Å². The Hall–Kier alpha value is -2.11. The first kappa shape index (κ1) is 15.3. The number of nitrogens with zero attached hydrogens (tertiary/aromatic N) is 2. The first-order chi connectivity index (χ1) is 10.1. The van der Waals surface area contributed by atoms with Gasteiger partial charge in [0.1, 0.15) is 5.69 Å². The van der Waals surface area contributed by atoms with Gasteiger partial charge < -0.3 is 15.3 Å². The second-order valence-electron chi connectivity index (χ2n) is 5.38. The lowest BCUT2D eigenvalue weighted by Gasteiger charge is -2.32. The number of carbonyl (C=O) groups is 2. The van der Waals surface area contributed by atoms with Crippen molar-refractivity contribution in [3.05, 3.63) is 29.6 Å². The molecule has 1 aliphatic rings. The number of carbonyl (C=O) groups excluding carboxylic acids is 1. The molecule has 114 valence electrons. The van der Waals surface area contributed by atoms with Gasteiger partial charge in [0, 0.05) is 25.8 Å². The van der Waals surface area contributed by atoms with Crippen molar-refractivity contribution >= 4 is 12.0 Å². The van der Waals surface area contributed by atoms with Crippen LogP contribution in [0.25, 0.3) is 0 Å². The zero-order chi connectivity index (χ0) is 15.2. The van der Waals surface area contributed by atoms with Crippen LogP contribution in [-0.2, 0) is 6.54 Å². The molecule has 1 aromatic heterocycles. The molecule has 1 aromatic rings. The third kappa shape index (κ3) is 4.18. The van der Waals surface area contributed by atoms with Gasteiger partial charge in [-0.05, 0) is 30.4 Å². The number of carboxylic acids is 1. The number of amides is 2. The number of likely N-dealkylation sites (tertiary alicyclic amines) is 1. The molecule has 21 heavy (non-hydrogen) atoms. The van der Waals surface area contributed by atoms with E-state index in [1.165, 1.54) is 18.7 Å². The van der Waals surface area contributed by atoms with E-state index in [4.69, 9.17) is 5.11 Å². The summed E-state index contributed by atoms with van der Waals surface area (Å²) in [5, 5.41) is 11.6. The summed E-state index contributed by atoms with van der Waals surface area (Å²) in [5.41, 5.74) is 0.796. The summed E-state index contributed by atoms with van der Waals surface area (Å²) in [6, 6.07) is 3.05. The fraction of sp³-hybridized carbons (Fsp3) is 0.533. The number of piperidine rings is 1. The van der Waals surface area contributed by atoms with Crippen LogP contribution < -0.4 is 5.32 Å². The van der Waals surface area contributed by atoms with Crippen molar-refractivity contribution in [1.29, 1.82) is 0 Å². The van der Waals surface area contributed by atoms with Crippen LogP contribution in [0.15, 0.2) is 18.3 Å². The first-order valence-electron chi connectivity index (χ1n) is 7.31. The molecule has 1 saturated heterocycles. The van der Waals surface area contributed by atoms with Gasteiger partial charge in [-0.3, -0.25) is 0 Å². The molecule has 2 N–H and O–H groups in total. The van der Waals surface area contributed by atoms with Crippen molar-refractivity contribution in [2.45, 2.75) is 32.7 Å². The molecule has 6 nitrogen and oxygen atoms in total. The van der Waals surface area contributed by atoms with Gasteiger partial charge in [0.2, 0.25) is 0 Å². The van der Waals surface area contributed by atoms with Crippen LogP contribution >= 0.6 is 0 Å². The number of carboxylic acid groups (broad SMARTS) is 1. The van der Waals surface area contributed by atoms with Gasteiger partial charge in [-0.15, -0.1) is 0 Å². The zero-order valence-corrected chi connectivity index (χ0v) is 12.2. The quantitative estimate of drug-likeness (QED) is 0.890. The highest BCUT2D eigenvalue weighted by atomic mass is 16.4. The van der Waals surface area contributed by atoms with E-state index in [1.54, 1.807) is 6.07 Å². The highest BCUT2D eigenvalue weighted by Crippen LogP contribution is 2.19. The number of pyridine rings is 1. The molecule has 6 heteroatoms. The third-order valence-electron chi connectivity index (χ3n) is 3.87. The van der Waals surface area contributed by atoms with Gasteiger partial charge in [0.25, 0.3) is 0 Å². The molecule has 1 unspecified atom stereocenters. The van der Waals surface area contributed by atoms with E-state index in [9.17, 15) is 9.59 Å². The van der Waals surface area contributed by atoms with Crippen LogP contribution in [0.3, 0.4) is 0 Å². The second-order valence-corrected chi connectivity index (χ2v) is 5.38. The Morgan fingerprint density at radius 2 is 2.29 bits per heavy atom. The summed E-state index contributed by atoms with van der Waals surface area (Å²) in [6.07, 6.45) is 4.83.